The number of aromatic nitrogens is 5. The Morgan fingerprint density at radius 2 is 2.00 bits per heavy atom. The highest BCUT2D eigenvalue weighted by Crippen LogP contribution is 2.33. The molecule has 0 radical (unpaired) electrons. The summed E-state index contributed by atoms with van der Waals surface area (Å²) in [6.07, 6.45) is 5.28. The molecule has 144 valence electrons. The number of ether oxygens (including phenoxy) is 1. The third-order valence-corrected chi connectivity index (χ3v) is 5.23. The number of nitriles is 1. The lowest BCUT2D eigenvalue weighted by Crippen LogP contribution is -2.14. The van der Waals surface area contributed by atoms with Crippen LogP contribution in [0.4, 0.5) is 11.5 Å². The maximum absolute atomic E-state index is 9.08. The minimum absolute atomic E-state index is 0.448. The first kappa shape index (κ1) is 17.4. The molecule has 4 heterocycles. The van der Waals surface area contributed by atoms with Crippen LogP contribution in [0.5, 0.6) is 0 Å². The fraction of sp³-hybridized carbons (Fsp3) is 0.238. The van der Waals surface area contributed by atoms with Gasteiger partial charge in [0.1, 0.15) is 23.9 Å². The molecule has 1 fully saturated rings. The van der Waals surface area contributed by atoms with E-state index in [1.54, 1.807) is 12.3 Å². The Kier molecular flexibility index (Phi) is 4.42. The summed E-state index contributed by atoms with van der Waals surface area (Å²) >= 11 is 0. The van der Waals surface area contributed by atoms with Crippen LogP contribution in [-0.4, -0.2) is 38.4 Å². The van der Waals surface area contributed by atoms with Crippen LogP contribution in [0.1, 0.15) is 30.0 Å². The van der Waals surface area contributed by atoms with Crippen LogP contribution in [0.15, 0.2) is 42.9 Å². The topological polar surface area (TPSA) is 115 Å². The molecule has 8 heteroatoms. The van der Waals surface area contributed by atoms with E-state index < -0.39 is 0 Å². The van der Waals surface area contributed by atoms with E-state index in [-0.39, 0.29) is 0 Å². The van der Waals surface area contributed by atoms with Crippen LogP contribution < -0.4 is 5.32 Å². The van der Waals surface area contributed by atoms with E-state index in [0.717, 1.165) is 54.0 Å². The lowest BCUT2D eigenvalue weighted by atomic mass is 9.90. The zero-order valence-electron chi connectivity index (χ0n) is 15.6. The Balaban J connectivity index is 1.51. The smallest absolute Gasteiger partial charge is 0.155 e. The normalized spacial score (nSPS) is 14.7. The molecule has 0 spiro atoms. The van der Waals surface area contributed by atoms with Crippen molar-refractivity contribution >= 4 is 22.4 Å². The number of fused-ring (bicyclic) bond motifs is 1. The number of hydrogen-bond donors (Lipinski definition) is 3. The zero-order valence-corrected chi connectivity index (χ0v) is 15.6. The first-order valence-electron chi connectivity index (χ1n) is 9.53. The Morgan fingerprint density at radius 3 is 2.79 bits per heavy atom. The SMILES string of the molecule is N#Cc1cc2cnc(Nc3cc(-c4ncn[nH]4)cc(C4CCOCC4)c3)cc2[nH]1. The Labute approximate surface area is 167 Å². The van der Waals surface area contributed by atoms with Crippen LogP contribution in [-0.2, 0) is 4.74 Å². The average Bonchev–Trinajstić information content (AvgIpc) is 3.44. The van der Waals surface area contributed by atoms with Crippen molar-refractivity contribution in [1.82, 2.24) is 25.1 Å². The lowest BCUT2D eigenvalue weighted by molar-refractivity contribution is 0.0853. The predicted molar refractivity (Wildman–Crippen MR) is 109 cm³/mol. The van der Waals surface area contributed by atoms with Crippen molar-refractivity contribution < 1.29 is 4.74 Å². The molecule has 1 aliphatic rings. The molecule has 5 rings (SSSR count). The van der Waals surface area contributed by atoms with Gasteiger partial charge in [-0.05, 0) is 48.6 Å². The van der Waals surface area contributed by atoms with E-state index in [1.807, 2.05) is 12.1 Å². The number of H-pyrrole nitrogens is 2. The summed E-state index contributed by atoms with van der Waals surface area (Å²) in [7, 11) is 0. The molecule has 29 heavy (non-hydrogen) atoms. The molecule has 8 nitrogen and oxygen atoms in total. The first-order chi connectivity index (χ1) is 14.3. The summed E-state index contributed by atoms with van der Waals surface area (Å²) in [4.78, 5) is 11.9. The van der Waals surface area contributed by atoms with Crippen LogP contribution in [0.25, 0.3) is 22.3 Å². The largest absolute Gasteiger partial charge is 0.381 e. The predicted octanol–water partition coefficient (Wildman–Crippen LogP) is 3.86. The van der Waals surface area contributed by atoms with Crippen molar-refractivity contribution in [2.45, 2.75) is 18.8 Å². The molecule has 0 atom stereocenters. The van der Waals surface area contributed by atoms with Gasteiger partial charge in [0, 0.05) is 42.1 Å². The summed E-state index contributed by atoms with van der Waals surface area (Å²) < 4.78 is 5.52. The van der Waals surface area contributed by atoms with E-state index in [4.69, 9.17) is 10.00 Å². The number of rotatable bonds is 4. The summed E-state index contributed by atoms with van der Waals surface area (Å²) in [5.41, 5.74) is 4.54. The quantitative estimate of drug-likeness (QED) is 0.491. The number of hydrogen-bond acceptors (Lipinski definition) is 6. The summed E-state index contributed by atoms with van der Waals surface area (Å²) in [5, 5.41) is 20.3. The fourth-order valence-corrected chi connectivity index (χ4v) is 3.77. The molecule has 0 saturated carbocycles. The second-order valence-electron chi connectivity index (χ2n) is 7.14. The zero-order chi connectivity index (χ0) is 19.6. The summed E-state index contributed by atoms with van der Waals surface area (Å²) in [5.74, 6) is 1.88. The molecular formula is C21H19N7O. The van der Waals surface area contributed by atoms with Crippen molar-refractivity contribution in [2.24, 2.45) is 0 Å². The second-order valence-corrected chi connectivity index (χ2v) is 7.14. The van der Waals surface area contributed by atoms with E-state index in [0.29, 0.717) is 17.4 Å². The molecule has 3 aromatic heterocycles. The molecular weight excluding hydrogens is 366 g/mol. The van der Waals surface area contributed by atoms with Gasteiger partial charge in [-0.15, -0.1) is 0 Å². The molecule has 1 aliphatic heterocycles. The monoisotopic (exact) mass is 385 g/mol. The molecule has 4 aromatic rings. The number of nitrogens with one attached hydrogen (secondary N) is 3. The molecule has 0 aliphatic carbocycles. The minimum Gasteiger partial charge on any atom is -0.381 e. The van der Waals surface area contributed by atoms with Crippen LogP contribution in [0.2, 0.25) is 0 Å². The molecule has 0 unspecified atom stereocenters. The highest BCUT2D eigenvalue weighted by molar-refractivity contribution is 5.83. The van der Waals surface area contributed by atoms with Crippen molar-refractivity contribution in [3.8, 4) is 17.5 Å². The van der Waals surface area contributed by atoms with Crippen molar-refractivity contribution in [3.05, 3.63) is 54.1 Å². The van der Waals surface area contributed by atoms with Crippen LogP contribution >= 0.6 is 0 Å². The van der Waals surface area contributed by atoms with E-state index >= 15 is 0 Å². The van der Waals surface area contributed by atoms with Gasteiger partial charge in [-0.3, -0.25) is 5.10 Å². The summed E-state index contributed by atoms with van der Waals surface area (Å²) in [6.45, 7) is 1.57. The Morgan fingerprint density at radius 1 is 1.10 bits per heavy atom. The molecule has 3 N–H and O–H groups in total. The van der Waals surface area contributed by atoms with Gasteiger partial charge >= 0.3 is 0 Å². The van der Waals surface area contributed by atoms with E-state index in [1.165, 1.54) is 11.9 Å². The van der Waals surface area contributed by atoms with E-state index in [9.17, 15) is 0 Å². The third kappa shape index (κ3) is 3.56. The minimum atomic E-state index is 0.448. The Bertz CT molecular complexity index is 1180. The molecule has 1 saturated heterocycles. The van der Waals surface area contributed by atoms with Gasteiger partial charge in [-0.1, -0.05) is 0 Å². The van der Waals surface area contributed by atoms with Gasteiger partial charge < -0.3 is 15.0 Å². The maximum atomic E-state index is 9.08. The third-order valence-electron chi connectivity index (χ3n) is 5.23. The lowest BCUT2D eigenvalue weighted by Gasteiger charge is -2.23. The standard InChI is InChI=1S/C21H19N7O/c22-10-18-8-16-11-23-20(9-19(16)26-18)27-17-6-14(13-1-3-29-4-2-13)5-15(7-17)21-24-12-25-28-21/h5-9,11-13,26H,1-4H2,(H,23,27)(H,24,25,28). The number of aromatic amines is 2. The van der Waals surface area contributed by atoms with Gasteiger partial charge in [-0.25, -0.2) is 9.97 Å². The van der Waals surface area contributed by atoms with E-state index in [2.05, 4.69) is 48.7 Å². The average molecular weight is 385 g/mol. The van der Waals surface area contributed by atoms with Crippen molar-refractivity contribution in [2.75, 3.05) is 18.5 Å². The van der Waals surface area contributed by atoms with Crippen LogP contribution in [0.3, 0.4) is 0 Å². The highest BCUT2D eigenvalue weighted by Gasteiger charge is 2.18. The first-order valence-corrected chi connectivity index (χ1v) is 9.53. The molecule has 0 amide bonds. The molecule has 1 aromatic carbocycles. The fourth-order valence-electron chi connectivity index (χ4n) is 3.77. The van der Waals surface area contributed by atoms with Crippen molar-refractivity contribution in [1.29, 1.82) is 5.26 Å². The van der Waals surface area contributed by atoms with Gasteiger partial charge in [0.25, 0.3) is 0 Å². The summed E-state index contributed by atoms with van der Waals surface area (Å²) in [6, 6.07) is 12.2. The van der Waals surface area contributed by atoms with Crippen LogP contribution in [0, 0.1) is 11.3 Å². The van der Waals surface area contributed by atoms with Crippen molar-refractivity contribution in [3.63, 3.8) is 0 Å². The second kappa shape index (κ2) is 7.37. The number of nitrogens with zero attached hydrogens (tertiary/aromatic N) is 4. The van der Waals surface area contributed by atoms with Gasteiger partial charge in [0.2, 0.25) is 0 Å². The van der Waals surface area contributed by atoms with Gasteiger partial charge in [0.05, 0.1) is 5.52 Å². The number of anilines is 2. The highest BCUT2D eigenvalue weighted by atomic mass is 16.5. The molecule has 0 bridgehead atoms. The number of pyridine rings is 1. The van der Waals surface area contributed by atoms with Gasteiger partial charge in [0.15, 0.2) is 5.82 Å². The Hall–Kier alpha value is -3.70. The van der Waals surface area contributed by atoms with Gasteiger partial charge in [-0.2, -0.15) is 10.4 Å². The number of benzene rings is 1. The maximum Gasteiger partial charge on any atom is 0.155 e.